The summed E-state index contributed by atoms with van der Waals surface area (Å²) in [5.74, 6) is -1.26. The van der Waals surface area contributed by atoms with Crippen LogP contribution in [0.5, 0.6) is 5.75 Å². The number of amides is 2. The maximum Gasteiger partial charge on any atom is 0.573 e. The van der Waals surface area contributed by atoms with Crippen molar-refractivity contribution < 1.29 is 27.5 Å². The van der Waals surface area contributed by atoms with Crippen LogP contribution in [0.2, 0.25) is 0 Å². The lowest BCUT2D eigenvalue weighted by molar-refractivity contribution is -0.274. The SMILES string of the molecule is CC(C)N1C(=O)C(Nc2ccc(OC(F)(F)F)cc2)=C(c2cccs2)C1=O. The van der Waals surface area contributed by atoms with Crippen molar-refractivity contribution in [3.05, 3.63) is 52.4 Å². The number of hydrogen-bond acceptors (Lipinski definition) is 5. The predicted octanol–water partition coefficient (Wildman–Crippen LogP) is 4.25. The van der Waals surface area contributed by atoms with Crippen LogP contribution in [0.3, 0.4) is 0 Å². The predicted molar refractivity (Wildman–Crippen MR) is 95.0 cm³/mol. The quantitative estimate of drug-likeness (QED) is 0.768. The molecule has 1 aliphatic rings. The van der Waals surface area contributed by atoms with E-state index in [0.717, 1.165) is 17.0 Å². The van der Waals surface area contributed by atoms with E-state index in [4.69, 9.17) is 0 Å². The molecule has 1 aromatic carbocycles. The zero-order valence-electron chi connectivity index (χ0n) is 14.3. The molecule has 2 aromatic rings. The van der Waals surface area contributed by atoms with Gasteiger partial charge in [-0.05, 0) is 49.6 Å². The van der Waals surface area contributed by atoms with Crippen molar-refractivity contribution in [2.24, 2.45) is 0 Å². The molecular formula is C18H15F3N2O3S. The van der Waals surface area contributed by atoms with Crippen molar-refractivity contribution in [1.82, 2.24) is 4.90 Å². The summed E-state index contributed by atoms with van der Waals surface area (Å²) in [5, 5.41) is 4.66. The summed E-state index contributed by atoms with van der Waals surface area (Å²) in [7, 11) is 0. The molecule has 0 spiro atoms. The normalized spacial score (nSPS) is 15.1. The van der Waals surface area contributed by atoms with E-state index in [2.05, 4.69) is 10.1 Å². The van der Waals surface area contributed by atoms with Crippen molar-refractivity contribution in [1.29, 1.82) is 0 Å². The monoisotopic (exact) mass is 396 g/mol. The highest BCUT2D eigenvalue weighted by atomic mass is 32.1. The van der Waals surface area contributed by atoms with Crippen molar-refractivity contribution in [3.8, 4) is 5.75 Å². The van der Waals surface area contributed by atoms with Crippen LogP contribution in [0, 0.1) is 0 Å². The number of benzene rings is 1. The molecule has 0 unspecified atom stereocenters. The van der Waals surface area contributed by atoms with Crippen molar-refractivity contribution in [2.75, 3.05) is 5.32 Å². The van der Waals surface area contributed by atoms with Crippen LogP contribution < -0.4 is 10.1 Å². The molecule has 0 bridgehead atoms. The van der Waals surface area contributed by atoms with E-state index in [9.17, 15) is 22.8 Å². The minimum atomic E-state index is -4.78. The highest BCUT2D eigenvalue weighted by molar-refractivity contribution is 7.11. The molecule has 1 aromatic heterocycles. The van der Waals surface area contributed by atoms with Crippen molar-refractivity contribution >= 4 is 34.4 Å². The molecule has 2 amide bonds. The summed E-state index contributed by atoms with van der Waals surface area (Å²) in [4.78, 5) is 27.3. The van der Waals surface area contributed by atoms with Crippen LogP contribution >= 0.6 is 11.3 Å². The Kier molecular flexibility index (Phi) is 4.97. The summed E-state index contributed by atoms with van der Waals surface area (Å²) in [6.07, 6.45) is -4.78. The van der Waals surface area contributed by atoms with Crippen LogP contribution in [0.25, 0.3) is 5.57 Å². The molecule has 1 aliphatic heterocycles. The Morgan fingerprint density at radius 1 is 1.07 bits per heavy atom. The zero-order valence-corrected chi connectivity index (χ0v) is 15.1. The highest BCUT2D eigenvalue weighted by Crippen LogP contribution is 2.34. The maximum absolute atomic E-state index is 12.7. The van der Waals surface area contributed by atoms with Crippen LogP contribution in [0.1, 0.15) is 18.7 Å². The fourth-order valence-electron chi connectivity index (χ4n) is 2.67. The largest absolute Gasteiger partial charge is 0.573 e. The fraction of sp³-hybridized carbons (Fsp3) is 0.222. The van der Waals surface area contributed by atoms with Gasteiger partial charge in [-0.3, -0.25) is 14.5 Å². The summed E-state index contributed by atoms with van der Waals surface area (Å²) in [6.45, 7) is 3.46. The van der Waals surface area contributed by atoms with Gasteiger partial charge in [0.25, 0.3) is 11.8 Å². The van der Waals surface area contributed by atoms with Crippen LogP contribution in [-0.4, -0.2) is 29.1 Å². The minimum absolute atomic E-state index is 0.0978. The molecule has 0 fully saturated rings. The molecule has 2 heterocycles. The first-order chi connectivity index (χ1) is 12.7. The number of nitrogens with zero attached hydrogens (tertiary/aromatic N) is 1. The Bertz CT molecular complexity index is 888. The lowest BCUT2D eigenvalue weighted by Crippen LogP contribution is -2.38. The average Bonchev–Trinajstić information content (AvgIpc) is 3.15. The van der Waals surface area contributed by atoms with Crippen LogP contribution in [0.4, 0.5) is 18.9 Å². The van der Waals surface area contributed by atoms with Crippen LogP contribution in [0.15, 0.2) is 47.5 Å². The molecule has 142 valence electrons. The third-order valence-electron chi connectivity index (χ3n) is 3.76. The number of alkyl halides is 3. The van der Waals surface area contributed by atoms with Gasteiger partial charge in [-0.25, -0.2) is 0 Å². The van der Waals surface area contributed by atoms with Gasteiger partial charge in [0.2, 0.25) is 0 Å². The lowest BCUT2D eigenvalue weighted by atomic mass is 10.2. The Morgan fingerprint density at radius 3 is 2.26 bits per heavy atom. The first kappa shape index (κ1) is 19.0. The topological polar surface area (TPSA) is 58.6 Å². The first-order valence-corrected chi connectivity index (χ1v) is 8.84. The number of imide groups is 1. The van der Waals surface area contributed by atoms with Gasteiger partial charge in [-0.15, -0.1) is 24.5 Å². The van der Waals surface area contributed by atoms with E-state index in [1.165, 1.54) is 23.5 Å². The van der Waals surface area contributed by atoms with Crippen LogP contribution in [-0.2, 0) is 9.59 Å². The Hall–Kier alpha value is -2.81. The van der Waals surface area contributed by atoms with E-state index in [-0.39, 0.29) is 23.1 Å². The molecule has 3 rings (SSSR count). The molecule has 0 aliphatic carbocycles. The van der Waals surface area contributed by atoms with E-state index in [1.54, 1.807) is 31.4 Å². The van der Waals surface area contributed by atoms with Gasteiger partial charge in [-0.1, -0.05) is 6.07 Å². The second-order valence-corrected chi connectivity index (χ2v) is 6.95. The number of nitrogens with one attached hydrogen (secondary N) is 1. The number of carbonyl (C=O) groups excluding carboxylic acids is 2. The third kappa shape index (κ3) is 3.97. The molecule has 0 saturated heterocycles. The van der Waals surface area contributed by atoms with Crippen molar-refractivity contribution in [2.45, 2.75) is 26.3 Å². The number of hydrogen-bond donors (Lipinski definition) is 1. The Morgan fingerprint density at radius 2 is 1.74 bits per heavy atom. The van der Waals surface area contributed by atoms with E-state index in [1.807, 2.05) is 0 Å². The van der Waals surface area contributed by atoms with E-state index < -0.39 is 18.2 Å². The van der Waals surface area contributed by atoms with Crippen molar-refractivity contribution in [3.63, 3.8) is 0 Å². The number of halogens is 3. The van der Waals surface area contributed by atoms with Gasteiger partial charge in [-0.2, -0.15) is 0 Å². The standard InChI is InChI=1S/C18H15F3N2O3S/c1-10(2)23-16(24)14(13-4-3-9-27-13)15(17(23)25)22-11-5-7-12(8-6-11)26-18(19,20)21/h3-10,22H,1-2H3. The Labute approximate surface area is 157 Å². The van der Waals surface area contributed by atoms with Gasteiger partial charge < -0.3 is 10.1 Å². The van der Waals surface area contributed by atoms with Gasteiger partial charge in [0.1, 0.15) is 11.4 Å². The molecule has 0 atom stereocenters. The molecule has 0 radical (unpaired) electrons. The number of carbonyl (C=O) groups is 2. The minimum Gasteiger partial charge on any atom is -0.406 e. The van der Waals surface area contributed by atoms with Gasteiger partial charge in [0, 0.05) is 16.6 Å². The number of thiophene rings is 1. The molecule has 1 N–H and O–H groups in total. The highest BCUT2D eigenvalue weighted by Gasteiger charge is 2.41. The number of anilines is 1. The smallest absolute Gasteiger partial charge is 0.406 e. The lowest BCUT2D eigenvalue weighted by Gasteiger charge is -2.19. The maximum atomic E-state index is 12.7. The van der Waals surface area contributed by atoms with Gasteiger partial charge in [0.15, 0.2) is 0 Å². The van der Waals surface area contributed by atoms with Gasteiger partial charge in [0.05, 0.1) is 5.57 Å². The second kappa shape index (κ2) is 7.07. The second-order valence-electron chi connectivity index (χ2n) is 6.00. The molecule has 5 nitrogen and oxygen atoms in total. The molecular weight excluding hydrogens is 381 g/mol. The first-order valence-electron chi connectivity index (χ1n) is 7.96. The molecule has 9 heteroatoms. The number of rotatable bonds is 5. The van der Waals surface area contributed by atoms with Gasteiger partial charge >= 0.3 is 6.36 Å². The van der Waals surface area contributed by atoms with E-state index in [0.29, 0.717) is 10.6 Å². The zero-order chi connectivity index (χ0) is 19.8. The average molecular weight is 396 g/mol. The fourth-order valence-corrected chi connectivity index (χ4v) is 3.43. The summed E-state index contributed by atoms with van der Waals surface area (Å²) in [6, 6.07) is 8.11. The molecule has 27 heavy (non-hydrogen) atoms. The summed E-state index contributed by atoms with van der Waals surface area (Å²) >= 11 is 1.32. The van der Waals surface area contributed by atoms with E-state index >= 15 is 0 Å². The molecule has 0 saturated carbocycles. The Balaban J connectivity index is 1.92. The summed E-state index contributed by atoms with van der Waals surface area (Å²) < 4.78 is 40.6. The third-order valence-corrected chi connectivity index (χ3v) is 4.64. The summed E-state index contributed by atoms with van der Waals surface area (Å²) in [5.41, 5.74) is 0.709. The number of ether oxygens (including phenoxy) is 1.